The summed E-state index contributed by atoms with van der Waals surface area (Å²) in [6, 6.07) is 4.87. The number of alkyl carbamates (subject to hydrolysis) is 1. The van der Waals surface area contributed by atoms with Gasteiger partial charge in [-0.05, 0) is 39.3 Å². The highest BCUT2D eigenvalue weighted by Gasteiger charge is 2.35. The molecule has 9 heteroatoms. The lowest BCUT2D eigenvalue weighted by molar-refractivity contribution is -0.118. The number of amides is 2. The zero-order valence-corrected chi connectivity index (χ0v) is 19.3. The van der Waals surface area contributed by atoms with Gasteiger partial charge in [-0.2, -0.15) is 0 Å². The number of nitrogens with zero attached hydrogens (tertiary/aromatic N) is 2. The minimum atomic E-state index is -0.767. The van der Waals surface area contributed by atoms with Crippen LogP contribution in [0.5, 0.6) is 17.4 Å². The molecule has 2 heterocycles. The Bertz CT molecular complexity index is 983. The van der Waals surface area contributed by atoms with E-state index in [1.165, 1.54) is 12.4 Å². The molecule has 0 fully saturated rings. The van der Waals surface area contributed by atoms with Crippen molar-refractivity contribution in [2.75, 3.05) is 11.9 Å². The van der Waals surface area contributed by atoms with Crippen LogP contribution in [0.4, 0.5) is 10.6 Å². The summed E-state index contributed by atoms with van der Waals surface area (Å²) < 4.78 is 16.9. The van der Waals surface area contributed by atoms with Crippen LogP contribution in [0.15, 0.2) is 30.6 Å². The minimum absolute atomic E-state index is 0.177. The van der Waals surface area contributed by atoms with Crippen molar-refractivity contribution in [1.82, 2.24) is 15.3 Å². The molecule has 1 aromatic carbocycles. The van der Waals surface area contributed by atoms with Gasteiger partial charge in [0.2, 0.25) is 11.8 Å². The van der Waals surface area contributed by atoms with Crippen LogP contribution in [0.25, 0.3) is 0 Å². The van der Waals surface area contributed by atoms with E-state index >= 15 is 0 Å². The Morgan fingerprint density at radius 3 is 2.59 bits per heavy atom. The number of nitrogens with one attached hydrogen (secondary N) is 2. The standard InChI is InChI=1S/C23H30N4O5/c1-7-14(26-21(29)32-22(2,3)4)20(28)27-17-11-25-18(12-24-17)31-16-10-8-9-15-19(16)23(5,6)13-30-15/h8-12,14H,7,13H2,1-6H3,(H,26,29)(H,24,27,28)/t14-/m1/s1. The van der Waals surface area contributed by atoms with Crippen molar-refractivity contribution in [1.29, 1.82) is 0 Å². The number of hydrogen-bond donors (Lipinski definition) is 2. The van der Waals surface area contributed by atoms with Gasteiger partial charge in [0.1, 0.15) is 23.1 Å². The van der Waals surface area contributed by atoms with Gasteiger partial charge in [-0.3, -0.25) is 4.79 Å². The Morgan fingerprint density at radius 2 is 1.97 bits per heavy atom. The number of hydrogen-bond acceptors (Lipinski definition) is 7. The molecule has 0 unspecified atom stereocenters. The van der Waals surface area contributed by atoms with E-state index in [9.17, 15) is 9.59 Å². The van der Waals surface area contributed by atoms with Crippen molar-refractivity contribution in [3.63, 3.8) is 0 Å². The van der Waals surface area contributed by atoms with Gasteiger partial charge in [-0.25, -0.2) is 14.8 Å². The van der Waals surface area contributed by atoms with Crippen molar-refractivity contribution in [3.05, 3.63) is 36.2 Å². The van der Waals surface area contributed by atoms with Crippen LogP contribution in [-0.4, -0.2) is 40.2 Å². The van der Waals surface area contributed by atoms with E-state index in [0.717, 1.165) is 11.3 Å². The molecule has 0 bridgehead atoms. The van der Waals surface area contributed by atoms with Crippen LogP contribution in [0, 0.1) is 0 Å². The maximum Gasteiger partial charge on any atom is 0.408 e. The average Bonchev–Trinajstić information content (AvgIpc) is 3.02. The van der Waals surface area contributed by atoms with E-state index in [2.05, 4.69) is 34.4 Å². The smallest absolute Gasteiger partial charge is 0.408 e. The highest BCUT2D eigenvalue weighted by atomic mass is 16.6. The van der Waals surface area contributed by atoms with Crippen LogP contribution in [0.3, 0.4) is 0 Å². The monoisotopic (exact) mass is 442 g/mol. The van der Waals surface area contributed by atoms with Gasteiger partial charge in [0.05, 0.1) is 19.0 Å². The summed E-state index contributed by atoms with van der Waals surface area (Å²) in [5.41, 5.74) is 0.155. The third-order valence-electron chi connectivity index (χ3n) is 4.76. The predicted molar refractivity (Wildman–Crippen MR) is 119 cm³/mol. The molecule has 0 radical (unpaired) electrons. The van der Waals surface area contributed by atoms with Crippen LogP contribution in [0.1, 0.15) is 53.5 Å². The average molecular weight is 443 g/mol. The van der Waals surface area contributed by atoms with Crippen LogP contribution < -0.4 is 20.1 Å². The molecule has 32 heavy (non-hydrogen) atoms. The Hall–Kier alpha value is -3.36. The third-order valence-corrected chi connectivity index (χ3v) is 4.76. The minimum Gasteiger partial charge on any atom is -0.492 e. The van der Waals surface area contributed by atoms with Crippen molar-refractivity contribution in [2.45, 2.75) is 65.0 Å². The predicted octanol–water partition coefficient (Wildman–Crippen LogP) is 4.18. The zero-order valence-electron chi connectivity index (χ0n) is 19.3. The number of rotatable bonds is 6. The third kappa shape index (κ3) is 5.66. The molecule has 2 aromatic rings. The molecule has 1 aromatic heterocycles. The van der Waals surface area contributed by atoms with E-state index in [-0.39, 0.29) is 17.1 Å². The summed E-state index contributed by atoms with van der Waals surface area (Å²) >= 11 is 0. The summed E-state index contributed by atoms with van der Waals surface area (Å²) in [6.07, 6.45) is 2.56. The second kappa shape index (κ2) is 9.02. The lowest BCUT2D eigenvalue weighted by atomic mass is 9.86. The Labute approximate surface area is 187 Å². The lowest BCUT2D eigenvalue weighted by Crippen LogP contribution is -2.45. The number of ether oxygens (including phenoxy) is 3. The van der Waals surface area contributed by atoms with Crippen molar-refractivity contribution < 1.29 is 23.8 Å². The normalized spacial score (nSPS) is 15.2. The molecule has 2 amide bonds. The quantitative estimate of drug-likeness (QED) is 0.690. The summed E-state index contributed by atoms with van der Waals surface area (Å²) in [7, 11) is 0. The molecule has 9 nitrogen and oxygen atoms in total. The van der Waals surface area contributed by atoms with Gasteiger partial charge in [0.15, 0.2) is 5.82 Å². The van der Waals surface area contributed by atoms with E-state index in [4.69, 9.17) is 14.2 Å². The molecule has 1 aliphatic heterocycles. The first kappa shape index (κ1) is 23.3. The molecule has 1 atom stereocenters. The summed E-state index contributed by atoms with van der Waals surface area (Å²) in [5.74, 6) is 1.57. The lowest BCUT2D eigenvalue weighted by Gasteiger charge is -2.22. The van der Waals surface area contributed by atoms with Crippen LogP contribution in [-0.2, 0) is 14.9 Å². The van der Waals surface area contributed by atoms with Crippen molar-refractivity contribution in [3.8, 4) is 17.4 Å². The van der Waals surface area contributed by atoms with E-state index in [0.29, 0.717) is 18.8 Å². The van der Waals surface area contributed by atoms with E-state index in [1.54, 1.807) is 27.7 Å². The molecule has 1 aliphatic rings. The van der Waals surface area contributed by atoms with E-state index in [1.807, 2.05) is 18.2 Å². The van der Waals surface area contributed by atoms with E-state index < -0.39 is 23.6 Å². The molecule has 3 rings (SSSR count). The van der Waals surface area contributed by atoms with Gasteiger partial charge in [-0.1, -0.05) is 26.8 Å². The molecule has 0 saturated carbocycles. The fraction of sp³-hybridized carbons (Fsp3) is 0.478. The maximum atomic E-state index is 12.5. The number of fused-ring (bicyclic) bond motifs is 1. The number of anilines is 1. The van der Waals surface area contributed by atoms with Crippen molar-refractivity contribution >= 4 is 17.8 Å². The van der Waals surface area contributed by atoms with Crippen LogP contribution >= 0.6 is 0 Å². The SMILES string of the molecule is CC[C@@H](NC(=O)OC(C)(C)C)C(=O)Nc1cnc(Oc2cccc3c2C(C)(C)CO3)cn1. The maximum absolute atomic E-state index is 12.5. The fourth-order valence-electron chi connectivity index (χ4n) is 3.28. The fourth-order valence-corrected chi connectivity index (χ4v) is 3.28. The first-order valence-electron chi connectivity index (χ1n) is 10.5. The summed E-state index contributed by atoms with van der Waals surface area (Å²) in [5, 5.41) is 5.21. The van der Waals surface area contributed by atoms with Gasteiger partial charge in [0.25, 0.3) is 0 Å². The Morgan fingerprint density at radius 1 is 1.22 bits per heavy atom. The topological polar surface area (TPSA) is 112 Å². The van der Waals surface area contributed by atoms with Gasteiger partial charge < -0.3 is 24.8 Å². The number of benzene rings is 1. The second-order valence-corrected chi connectivity index (χ2v) is 9.24. The summed E-state index contributed by atoms with van der Waals surface area (Å²) in [6.45, 7) is 11.8. The Kier molecular flexibility index (Phi) is 6.57. The number of aromatic nitrogens is 2. The van der Waals surface area contributed by atoms with Crippen LogP contribution in [0.2, 0.25) is 0 Å². The zero-order chi connectivity index (χ0) is 23.5. The van der Waals surface area contributed by atoms with Gasteiger partial charge in [-0.15, -0.1) is 0 Å². The molecular formula is C23H30N4O5. The molecule has 2 N–H and O–H groups in total. The van der Waals surface area contributed by atoms with Gasteiger partial charge in [0, 0.05) is 11.0 Å². The molecule has 172 valence electrons. The summed E-state index contributed by atoms with van der Waals surface area (Å²) in [4.78, 5) is 32.9. The molecular weight excluding hydrogens is 412 g/mol. The van der Waals surface area contributed by atoms with Gasteiger partial charge >= 0.3 is 6.09 Å². The molecule has 0 aliphatic carbocycles. The molecule has 0 saturated heterocycles. The highest BCUT2D eigenvalue weighted by Crippen LogP contribution is 2.45. The first-order valence-corrected chi connectivity index (χ1v) is 10.5. The van der Waals surface area contributed by atoms with Crippen molar-refractivity contribution in [2.24, 2.45) is 0 Å². The largest absolute Gasteiger partial charge is 0.492 e. The second-order valence-electron chi connectivity index (χ2n) is 9.24. The number of carbonyl (C=O) groups is 2. The number of carbonyl (C=O) groups excluding carboxylic acids is 2. The highest BCUT2D eigenvalue weighted by molar-refractivity contribution is 5.95. The molecule has 0 spiro atoms. The Balaban J connectivity index is 1.63. The first-order chi connectivity index (χ1) is 15.0.